The molecule has 0 aliphatic rings. The van der Waals surface area contributed by atoms with Gasteiger partial charge in [-0.15, -0.1) is 0 Å². The Morgan fingerprint density at radius 2 is 1.84 bits per heavy atom. The van der Waals surface area contributed by atoms with Gasteiger partial charge in [0.15, 0.2) is 0 Å². The van der Waals surface area contributed by atoms with E-state index in [4.69, 9.17) is 16.3 Å². The van der Waals surface area contributed by atoms with Gasteiger partial charge >= 0.3 is 6.18 Å². The number of ketones is 1. The Hall–Kier alpha value is -2.61. The quantitative estimate of drug-likeness (QED) is 0.420. The largest absolute Gasteiger partial charge is 0.455 e. The number of para-hydroxylation sites is 1. The average Bonchev–Trinajstić information content (AvgIpc) is 2.54. The molecule has 132 valence electrons. The first-order valence-corrected chi connectivity index (χ1v) is 7.30. The van der Waals surface area contributed by atoms with Gasteiger partial charge in [-0.25, -0.2) is 0 Å². The van der Waals surface area contributed by atoms with Gasteiger partial charge in [-0.05, 0) is 30.3 Å². The van der Waals surface area contributed by atoms with E-state index in [9.17, 15) is 28.1 Å². The van der Waals surface area contributed by atoms with Gasteiger partial charge in [0.25, 0.3) is 6.04 Å². The van der Waals surface area contributed by atoms with Crippen molar-refractivity contribution in [3.8, 4) is 11.5 Å². The summed E-state index contributed by atoms with van der Waals surface area (Å²) in [6, 6.07) is 6.70. The molecule has 5 nitrogen and oxygen atoms in total. The minimum absolute atomic E-state index is 0.0390. The lowest BCUT2D eigenvalue weighted by molar-refractivity contribution is -0.500. The van der Waals surface area contributed by atoms with E-state index in [1.54, 1.807) is 0 Å². The lowest BCUT2D eigenvalue weighted by Gasteiger charge is -2.13. The van der Waals surface area contributed by atoms with Crippen LogP contribution in [0, 0.1) is 10.1 Å². The van der Waals surface area contributed by atoms with Crippen molar-refractivity contribution in [2.24, 2.45) is 0 Å². The highest BCUT2D eigenvalue weighted by molar-refractivity contribution is 6.32. The summed E-state index contributed by atoms with van der Waals surface area (Å²) in [5.41, 5.74) is -1.01. The number of alkyl halides is 3. The molecule has 0 saturated carbocycles. The third-order valence-electron chi connectivity index (χ3n) is 3.33. The maximum atomic E-state index is 12.7. The summed E-state index contributed by atoms with van der Waals surface area (Å²) in [5, 5.41) is 10.5. The molecule has 0 N–H and O–H groups in total. The predicted molar refractivity (Wildman–Crippen MR) is 83.8 cm³/mol. The van der Waals surface area contributed by atoms with Crippen molar-refractivity contribution < 1.29 is 27.6 Å². The number of ether oxygens (including phenoxy) is 1. The molecule has 2 aromatic carbocycles. The number of halogens is 4. The van der Waals surface area contributed by atoms with Gasteiger partial charge in [-0.3, -0.25) is 14.9 Å². The first kappa shape index (κ1) is 18.7. The molecule has 0 saturated heterocycles. The predicted octanol–water partition coefficient (Wildman–Crippen LogP) is 5.00. The summed E-state index contributed by atoms with van der Waals surface area (Å²) in [6.45, 7) is 1.13. The Labute approximate surface area is 145 Å². The SMILES string of the molecule is CC(C(=O)c1ccccc1Oc1ccc(C(F)(F)F)cc1Cl)[N+](=O)[O-]. The molecule has 0 amide bonds. The first-order chi connectivity index (χ1) is 11.6. The summed E-state index contributed by atoms with van der Waals surface area (Å²) in [4.78, 5) is 22.2. The number of nitro groups is 1. The minimum atomic E-state index is -4.56. The van der Waals surface area contributed by atoms with Gasteiger partial charge in [0.05, 0.1) is 16.1 Å². The molecular formula is C16H11ClF3NO4. The van der Waals surface area contributed by atoms with Gasteiger partial charge in [0.1, 0.15) is 11.5 Å². The van der Waals surface area contributed by atoms with E-state index in [1.165, 1.54) is 24.3 Å². The second kappa shape index (κ2) is 7.10. The second-order valence-electron chi connectivity index (χ2n) is 5.07. The number of nitrogens with zero attached hydrogens (tertiary/aromatic N) is 1. The number of Topliss-reactive ketones (excluding diaryl/α,β-unsaturated/α-hetero) is 1. The molecule has 2 rings (SSSR count). The molecule has 0 bridgehead atoms. The molecule has 9 heteroatoms. The Bertz CT molecular complexity index is 823. The van der Waals surface area contributed by atoms with Crippen molar-refractivity contribution >= 4 is 17.4 Å². The number of benzene rings is 2. The first-order valence-electron chi connectivity index (χ1n) is 6.92. The van der Waals surface area contributed by atoms with Crippen LogP contribution in [0.5, 0.6) is 11.5 Å². The van der Waals surface area contributed by atoms with E-state index in [-0.39, 0.29) is 22.1 Å². The van der Waals surface area contributed by atoms with Gasteiger partial charge in [0.2, 0.25) is 5.78 Å². The Morgan fingerprint density at radius 1 is 1.20 bits per heavy atom. The van der Waals surface area contributed by atoms with Crippen molar-refractivity contribution in [3.05, 3.63) is 68.7 Å². The highest BCUT2D eigenvalue weighted by atomic mass is 35.5. The van der Waals surface area contributed by atoms with Crippen molar-refractivity contribution in [1.29, 1.82) is 0 Å². The van der Waals surface area contributed by atoms with Crippen LogP contribution in [-0.2, 0) is 6.18 Å². The lowest BCUT2D eigenvalue weighted by atomic mass is 10.0. The van der Waals surface area contributed by atoms with Gasteiger partial charge < -0.3 is 4.74 Å². The maximum absolute atomic E-state index is 12.7. The average molecular weight is 374 g/mol. The molecule has 0 aliphatic heterocycles. The van der Waals surface area contributed by atoms with E-state index in [0.29, 0.717) is 6.07 Å². The molecule has 0 aliphatic carbocycles. The fourth-order valence-corrected chi connectivity index (χ4v) is 2.18. The van der Waals surface area contributed by atoms with E-state index < -0.39 is 28.5 Å². The highest BCUT2D eigenvalue weighted by Gasteiger charge is 2.31. The number of carbonyl (C=O) groups is 1. The lowest BCUT2D eigenvalue weighted by Crippen LogP contribution is -2.26. The topological polar surface area (TPSA) is 69.4 Å². The number of rotatable bonds is 5. The van der Waals surface area contributed by atoms with Crippen LogP contribution < -0.4 is 4.74 Å². The van der Waals surface area contributed by atoms with Crippen molar-refractivity contribution in [1.82, 2.24) is 0 Å². The molecule has 2 aromatic rings. The van der Waals surface area contributed by atoms with Crippen LogP contribution in [0.15, 0.2) is 42.5 Å². The van der Waals surface area contributed by atoms with Crippen LogP contribution in [0.2, 0.25) is 5.02 Å². The number of hydrogen-bond acceptors (Lipinski definition) is 4. The van der Waals surface area contributed by atoms with Crippen LogP contribution in [-0.4, -0.2) is 16.7 Å². The Kier molecular flexibility index (Phi) is 5.32. The zero-order chi connectivity index (χ0) is 18.8. The van der Waals surface area contributed by atoms with Crippen LogP contribution in [0.25, 0.3) is 0 Å². The molecule has 0 heterocycles. The summed E-state index contributed by atoms with van der Waals surface area (Å²) < 4.78 is 43.4. The minimum Gasteiger partial charge on any atom is -0.455 e. The molecular weight excluding hydrogens is 363 g/mol. The van der Waals surface area contributed by atoms with Crippen molar-refractivity contribution in [2.75, 3.05) is 0 Å². The van der Waals surface area contributed by atoms with E-state index >= 15 is 0 Å². The van der Waals surface area contributed by atoms with Crippen LogP contribution in [0.3, 0.4) is 0 Å². The molecule has 0 spiro atoms. The smallest absolute Gasteiger partial charge is 0.416 e. The molecule has 25 heavy (non-hydrogen) atoms. The maximum Gasteiger partial charge on any atom is 0.416 e. The normalized spacial score (nSPS) is 12.5. The third kappa shape index (κ3) is 4.27. The summed E-state index contributed by atoms with van der Waals surface area (Å²) in [6.07, 6.45) is -4.56. The zero-order valence-electron chi connectivity index (χ0n) is 12.7. The van der Waals surface area contributed by atoms with Crippen molar-refractivity contribution in [3.63, 3.8) is 0 Å². The summed E-state index contributed by atoms with van der Waals surface area (Å²) in [7, 11) is 0. The molecule has 1 atom stereocenters. The fourth-order valence-electron chi connectivity index (χ4n) is 1.96. The number of hydrogen-bond donors (Lipinski definition) is 0. The highest BCUT2D eigenvalue weighted by Crippen LogP contribution is 2.37. The van der Waals surface area contributed by atoms with E-state index in [0.717, 1.165) is 19.1 Å². The van der Waals surface area contributed by atoms with Crippen LogP contribution >= 0.6 is 11.6 Å². The second-order valence-corrected chi connectivity index (χ2v) is 5.47. The molecule has 0 aromatic heterocycles. The van der Waals surface area contributed by atoms with Gasteiger partial charge in [-0.2, -0.15) is 13.2 Å². The van der Waals surface area contributed by atoms with E-state index in [1.807, 2.05) is 0 Å². The Morgan fingerprint density at radius 3 is 2.40 bits per heavy atom. The monoisotopic (exact) mass is 373 g/mol. The molecule has 1 unspecified atom stereocenters. The standard InChI is InChI=1S/C16H11ClF3NO4/c1-9(21(23)24)15(22)11-4-2-3-5-13(11)25-14-7-6-10(8-12(14)17)16(18,19)20/h2-9H,1H3. The zero-order valence-corrected chi connectivity index (χ0v) is 13.5. The molecule has 0 fully saturated rings. The summed E-state index contributed by atoms with van der Waals surface area (Å²) in [5.74, 6) is -0.935. The van der Waals surface area contributed by atoms with Crippen LogP contribution in [0.4, 0.5) is 13.2 Å². The van der Waals surface area contributed by atoms with Gasteiger partial charge in [0, 0.05) is 11.8 Å². The Balaban J connectivity index is 2.36. The molecule has 0 radical (unpaired) electrons. The third-order valence-corrected chi connectivity index (χ3v) is 3.62. The summed E-state index contributed by atoms with van der Waals surface area (Å²) >= 11 is 5.81. The van der Waals surface area contributed by atoms with Gasteiger partial charge in [-0.1, -0.05) is 23.7 Å². The number of carbonyl (C=O) groups excluding carboxylic acids is 1. The van der Waals surface area contributed by atoms with Crippen LogP contribution in [0.1, 0.15) is 22.8 Å². The van der Waals surface area contributed by atoms with Crippen molar-refractivity contribution in [2.45, 2.75) is 19.1 Å². The van der Waals surface area contributed by atoms with E-state index in [2.05, 4.69) is 0 Å². The fraction of sp³-hybridized carbons (Fsp3) is 0.188.